The molecule has 0 radical (unpaired) electrons. The average Bonchev–Trinajstić information content (AvgIpc) is 3.29. The third-order valence-electron chi connectivity index (χ3n) is 4.26. The summed E-state index contributed by atoms with van der Waals surface area (Å²) in [6, 6.07) is 10.1. The number of aromatic nitrogens is 5. The second-order valence-corrected chi connectivity index (χ2v) is 8.42. The first-order chi connectivity index (χ1) is 13.4. The number of hydrogen-bond acceptors (Lipinski definition) is 6. The molecule has 0 spiro atoms. The van der Waals surface area contributed by atoms with Crippen molar-refractivity contribution in [3.8, 4) is 11.4 Å². The lowest BCUT2D eigenvalue weighted by molar-refractivity contribution is 0.583. The highest BCUT2D eigenvalue weighted by atomic mass is 32.1. The molecule has 0 amide bonds. The normalized spacial score (nSPS) is 11.9. The number of hydrogen-bond donors (Lipinski definition) is 1. The number of anilines is 1. The van der Waals surface area contributed by atoms with Gasteiger partial charge >= 0.3 is 0 Å². The molecule has 3 heterocycles. The van der Waals surface area contributed by atoms with E-state index in [-0.39, 0.29) is 11.2 Å². The van der Waals surface area contributed by atoms with Crippen molar-refractivity contribution in [3.05, 3.63) is 58.3 Å². The number of nitrogens with zero attached hydrogens (tertiary/aromatic N) is 5. The number of benzene rings is 1. The number of thiazole rings is 1. The quantitative estimate of drug-likeness (QED) is 0.544. The summed E-state index contributed by atoms with van der Waals surface area (Å²) in [4.78, 5) is 4.71. The van der Waals surface area contributed by atoms with Crippen LogP contribution in [-0.4, -0.2) is 31.3 Å². The average molecular weight is 396 g/mol. The molecule has 1 N–H and O–H groups in total. The van der Waals surface area contributed by atoms with Gasteiger partial charge in [-0.15, -0.1) is 26.6 Å². The predicted octanol–water partition coefficient (Wildman–Crippen LogP) is 4.34. The minimum Gasteiger partial charge on any atom is -0.368 e. The molecule has 0 fully saturated rings. The number of nitrogens with one attached hydrogen (secondary N) is 1. The van der Waals surface area contributed by atoms with E-state index in [2.05, 4.69) is 46.8 Å². The van der Waals surface area contributed by atoms with Crippen molar-refractivity contribution in [2.24, 2.45) is 0 Å². The van der Waals surface area contributed by atoms with Crippen LogP contribution in [-0.2, 0) is 11.8 Å². The minimum absolute atomic E-state index is 0.0699. The fourth-order valence-electron chi connectivity index (χ4n) is 2.78. The zero-order valence-corrected chi connectivity index (χ0v) is 16.8. The van der Waals surface area contributed by atoms with Crippen molar-refractivity contribution in [2.45, 2.75) is 32.6 Å². The van der Waals surface area contributed by atoms with E-state index in [1.165, 1.54) is 6.07 Å². The van der Waals surface area contributed by atoms with Crippen LogP contribution in [0.15, 0.2) is 41.8 Å². The second kappa shape index (κ2) is 7.27. The highest BCUT2D eigenvalue weighted by molar-refractivity contribution is 7.09. The van der Waals surface area contributed by atoms with E-state index in [1.807, 2.05) is 12.1 Å². The molecule has 0 aliphatic rings. The summed E-state index contributed by atoms with van der Waals surface area (Å²) in [5.41, 5.74) is 2.08. The molecule has 8 heteroatoms. The Morgan fingerprint density at radius 1 is 1.11 bits per heavy atom. The summed E-state index contributed by atoms with van der Waals surface area (Å²) >= 11 is 1.70. The molecule has 4 aromatic rings. The summed E-state index contributed by atoms with van der Waals surface area (Å²) in [7, 11) is 0. The SMILES string of the molecule is CC(C)(C)c1nc(CCNc2ccc3nnc(-c4ccccc4F)n3n2)cs1. The topological polar surface area (TPSA) is 68.0 Å². The molecule has 0 aliphatic heterocycles. The van der Waals surface area contributed by atoms with Gasteiger partial charge in [0.05, 0.1) is 16.3 Å². The van der Waals surface area contributed by atoms with Crippen LogP contribution < -0.4 is 5.32 Å². The summed E-state index contributed by atoms with van der Waals surface area (Å²) in [6.45, 7) is 7.20. The van der Waals surface area contributed by atoms with Gasteiger partial charge in [0.25, 0.3) is 0 Å². The van der Waals surface area contributed by atoms with Gasteiger partial charge in [0.1, 0.15) is 11.6 Å². The van der Waals surface area contributed by atoms with Crippen molar-refractivity contribution < 1.29 is 4.39 Å². The van der Waals surface area contributed by atoms with E-state index >= 15 is 0 Å². The first-order valence-corrected chi connectivity index (χ1v) is 9.96. The van der Waals surface area contributed by atoms with Crippen LogP contribution in [0.4, 0.5) is 10.2 Å². The van der Waals surface area contributed by atoms with Crippen LogP contribution in [0.2, 0.25) is 0 Å². The molecule has 28 heavy (non-hydrogen) atoms. The van der Waals surface area contributed by atoms with Gasteiger partial charge in [-0.1, -0.05) is 32.9 Å². The molecular formula is C20H21FN6S. The third-order valence-corrected chi connectivity index (χ3v) is 5.58. The van der Waals surface area contributed by atoms with E-state index in [0.29, 0.717) is 29.4 Å². The Kier molecular flexibility index (Phi) is 4.80. The van der Waals surface area contributed by atoms with Gasteiger partial charge in [0.2, 0.25) is 0 Å². The summed E-state index contributed by atoms with van der Waals surface area (Å²) < 4.78 is 15.7. The standard InChI is InChI=1S/C20H21FN6S/c1-20(2,3)19-23-13(12-28-19)10-11-22-16-8-9-17-24-25-18(27(17)26-16)14-6-4-5-7-15(14)21/h4-9,12H,10-11H2,1-3H3,(H,22,26). The van der Waals surface area contributed by atoms with Gasteiger partial charge in [-0.05, 0) is 24.3 Å². The molecule has 6 nitrogen and oxygen atoms in total. The van der Waals surface area contributed by atoms with Gasteiger partial charge < -0.3 is 5.32 Å². The van der Waals surface area contributed by atoms with Crippen molar-refractivity contribution in [3.63, 3.8) is 0 Å². The fraction of sp³-hybridized carbons (Fsp3) is 0.300. The fourth-order valence-corrected chi connectivity index (χ4v) is 3.72. The molecule has 144 valence electrons. The first kappa shape index (κ1) is 18.5. The maximum Gasteiger partial charge on any atom is 0.188 e. The van der Waals surface area contributed by atoms with Crippen LogP contribution in [0.5, 0.6) is 0 Å². The zero-order chi connectivity index (χ0) is 19.7. The summed E-state index contributed by atoms with van der Waals surface area (Å²) in [5, 5.41) is 19.2. The lowest BCUT2D eigenvalue weighted by atomic mass is 9.98. The van der Waals surface area contributed by atoms with Crippen molar-refractivity contribution in [1.29, 1.82) is 0 Å². The summed E-state index contributed by atoms with van der Waals surface area (Å²) in [5.74, 6) is 0.706. The Hall–Kier alpha value is -2.87. The Morgan fingerprint density at radius 3 is 2.68 bits per heavy atom. The van der Waals surface area contributed by atoms with Crippen molar-refractivity contribution in [2.75, 3.05) is 11.9 Å². The lowest BCUT2D eigenvalue weighted by Gasteiger charge is -2.13. The molecular weight excluding hydrogens is 375 g/mol. The minimum atomic E-state index is -0.352. The Balaban J connectivity index is 1.50. The van der Waals surface area contributed by atoms with Gasteiger partial charge in [0.15, 0.2) is 11.5 Å². The van der Waals surface area contributed by atoms with E-state index in [0.717, 1.165) is 17.1 Å². The Labute approximate surface area is 166 Å². The molecule has 4 rings (SSSR count). The maximum atomic E-state index is 14.1. The Bertz CT molecular complexity index is 1110. The molecule has 0 atom stereocenters. The highest BCUT2D eigenvalue weighted by Crippen LogP contribution is 2.26. The Morgan fingerprint density at radius 2 is 1.93 bits per heavy atom. The van der Waals surface area contributed by atoms with Crippen molar-refractivity contribution >= 4 is 22.8 Å². The lowest BCUT2D eigenvalue weighted by Crippen LogP contribution is -2.12. The van der Waals surface area contributed by atoms with E-state index in [4.69, 9.17) is 4.98 Å². The van der Waals surface area contributed by atoms with Crippen LogP contribution in [0.1, 0.15) is 31.5 Å². The third kappa shape index (κ3) is 3.73. The monoisotopic (exact) mass is 396 g/mol. The van der Waals surface area contributed by atoms with Crippen LogP contribution in [0.3, 0.4) is 0 Å². The van der Waals surface area contributed by atoms with Crippen LogP contribution in [0, 0.1) is 5.82 Å². The molecule has 0 saturated heterocycles. The molecule has 0 bridgehead atoms. The largest absolute Gasteiger partial charge is 0.368 e. The number of rotatable bonds is 5. The second-order valence-electron chi connectivity index (χ2n) is 7.56. The number of fused-ring (bicyclic) bond motifs is 1. The van der Waals surface area contributed by atoms with Gasteiger partial charge in [0, 0.05) is 23.8 Å². The maximum absolute atomic E-state index is 14.1. The highest BCUT2D eigenvalue weighted by Gasteiger charge is 2.18. The van der Waals surface area contributed by atoms with Crippen LogP contribution in [0.25, 0.3) is 17.0 Å². The first-order valence-electron chi connectivity index (χ1n) is 9.08. The van der Waals surface area contributed by atoms with E-state index < -0.39 is 0 Å². The molecule has 0 saturated carbocycles. The molecule has 3 aromatic heterocycles. The smallest absolute Gasteiger partial charge is 0.188 e. The molecule has 1 aromatic carbocycles. The number of halogens is 1. The van der Waals surface area contributed by atoms with Gasteiger partial charge in [-0.25, -0.2) is 9.37 Å². The van der Waals surface area contributed by atoms with E-state index in [1.54, 1.807) is 34.1 Å². The predicted molar refractivity (Wildman–Crippen MR) is 109 cm³/mol. The molecule has 0 aliphatic carbocycles. The van der Waals surface area contributed by atoms with Gasteiger partial charge in [-0.3, -0.25) is 0 Å². The van der Waals surface area contributed by atoms with Crippen LogP contribution >= 0.6 is 11.3 Å². The summed E-state index contributed by atoms with van der Waals surface area (Å²) in [6.07, 6.45) is 0.800. The van der Waals surface area contributed by atoms with E-state index in [9.17, 15) is 4.39 Å². The van der Waals surface area contributed by atoms with Crippen molar-refractivity contribution in [1.82, 2.24) is 24.8 Å². The molecule has 0 unspecified atom stereocenters. The zero-order valence-electron chi connectivity index (χ0n) is 16.0. The van der Waals surface area contributed by atoms with Gasteiger partial charge in [-0.2, -0.15) is 4.52 Å².